The largest absolute Gasteiger partial charge is 0.317 e. The molecule has 18 heavy (non-hydrogen) atoms. The van der Waals surface area contributed by atoms with Gasteiger partial charge in [-0.1, -0.05) is 12.1 Å². The molecule has 0 saturated heterocycles. The van der Waals surface area contributed by atoms with Gasteiger partial charge in [0.1, 0.15) is 5.82 Å². The molecule has 1 atom stereocenters. The third kappa shape index (κ3) is 3.12. The van der Waals surface area contributed by atoms with Crippen molar-refractivity contribution in [1.82, 2.24) is 10.5 Å². The molecule has 1 aromatic heterocycles. The summed E-state index contributed by atoms with van der Waals surface area (Å²) in [5.41, 5.74) is 4.29. The lowest BCUT2D eigenvalue weighted by Gasteiger charge is -2.17. The van der Waals surface area contributed by atoms with Crippen LogP contribution >= 0.6 is 0 Å². The average molecular weight is 246 g/mol. The van der Waals surface area contributed by atoms with Gasteiger partial charge in [0.05, 0.1) is 0 Å². The zero-order chi connectivity index (χ0) is 12.8. The highest BCUT2D eigenvalue weighted by Crippen LogP contribution is 2.27. The van der Waals surface area contributed by atoms with Crippen LogP contribution in [0.3, 0.4) is 0 Å². The van der Waals surface area contributed by atoms with Crippen molar-refractivity contribution in [2.75, 3.05) is 6.54 Å². The molecule has 2 aromatic rings. The Hall–Kier alpha value is -1.78. The fourth-order valence-corrected chi connectivity index (χ4v) is 2.03. The van der Waals surface area contributed by atoms with E-state index < -0.39 is 0 Å². The molecule has 0 bridgehead atoms. The molecular formula is C14H15FN2O. The van der Waals surface area contributed by atoms with E-state index in [1.165, 1.54) is 12.1 Å². The molecule has 1 unspecified atom stereocenters. The van der Waals surface area contributed by atoms with E-state index in [1.54, 1.807) is 24.5 Å². The van der Waals surface area contributed by atoms with Crippen LogP contribution in [0.25, 0.3) is 0 Å². The van der Waals surface area contributed by atoms with Gasteiger partial charge in [-0.15, -0.1) is 0 Å². The van der Waals surface area contributed by atoms with Crippen molar-refractivity contribution >= 4 is 0 Å². The van der Waals surface area contributed by atoms with Crippen molar-refractivity contribution in [2.45, 2.75) is 12.3 Å². The number of nitrogens with zero attached hydrogens (tertiary/aromatic N) is 1. The Morgan fingerprint density at radius 2 is 1.67 bits per heavy atom. The van der Waals surface area contributed by atoms with Gasteiger partial charge in [0.2, 0.25) is 0 Å². The van der Waals surface area contributed by atoms with E-state index in [0.29, 0.717) is 6.54 Å². The van der Waals surface area contributed by atoms with Crippen molar-refractivity contribution in [3.63, 3.8) is 0 Å². The molecule has 0 spiro atoms. The summed E-state index contributed by atoms with van der Waals surface area (Å²) in [5.74, 6) is -0.124. The number of hydroxylamine groups is 1. The van der Waals surface area contributed by atoms with Gasteiger partial charge in [-0.05, 0) is 41.8 Å². The van der Waals surface area contributed by atoms with Crippen LogP contribution < -0.4 is 5.48 Å². The second kappa shape index (κ2) is 6.23. The zero-order valence-electron chi connectivity index (χ0n) is 9.88. The maximum Gasteiger partial charge on any atom is 0.123 e. The maximum absolute atomic E-state index is 12.9. The summed E-state index contributed by atoms with van der Waals surface area (Å²) in [6.45, 7) is 0.477. The normalized spacial score (nSPS) is 12.3. The molecular weight excluding hydrogens is 231 g/mol. The van der Waals surface area contributed by atoms with Crippen LogP contribution in [0.5, 0.6) is 0 Å². The lowest BCUT2D eigenvalue weighted by Crippen LogP contribution is -2.13. The molecule has 0 aliphatic carbocycles. The molecule has 1 heterocycles. The van der Waals surface area contributed by atoms with Crippen LogP contribution in [0.2, 0.25) is 0 Å². The predicted octanol–water partition coefficient (Wildman–Crippen LogP) is 2.72. The fraction of sp³-hybridized carbons (Fsp3) is 0.214. The lowest BCUT2D eigenvalue weighted by molar-refractivity contribution is 0.164. The molecule has 0 fully saturated rings. The average Bonchev–Trinajstić information content (AvgIpc) is 2.42. The molecule has 4 heteroatoms. The van der Waals surface area contributed by atoms with Gasteiger partial charge >= 0.3 is 0 Å². The van der Waals surface area contributed by atoms with E-state index in [0.717, 1.165) is 17.5 Å². The van der Waals surface area contributed by atoms with Crippen LogP contribution in [0.4, 0.5) is 4.39 Å². The SMILES string of the molecule is ONCCC(c1ccncc1)c1ccc(F)cc1. The molecule has 0 amide bonds. The Balaban J connectivity index is 2.27. The fourth-order valence-electron chi connectivity index (χ4n) is 2.03. The number of hydrogen-bond donors (Lipinski definition) is 2. The summed E-state index contributed by atoms with van der Waals surface area (Å²) in [7, 11) is 0. The first kappa shape index (κ1) is 12.7. The topological polar surface area (TPSA) is 45.1 Å². The zero-order valence-corrected chi connectivity index (χ0v) is 9.88. The van der Waals surface area contributed by atoms with Crippen molar-refractivity contribution in [1.29, 1.82) is 0 Å². The van der Waals surface area contributed by atoms with Crippen molar-refractivity contribution < 1.29 is 9.60 Å². The molecule has 2 N–H and O–H groups in total. The second-order valence-corrected chi connectivity index (χ2v) is 4.08. The summed E-state index contributed by atoms with van der Waals surface area (Å²) in [6.07, 6.45) is 4.20. The minimum atomic E-state index is -0.243. The number of halogens is 1. The molecule has 0 radical (unpaired) electrons. The summed E-state index contributed by atoms with van der Waals surface area (Å²) in [4.78, 5) is 3.99. The Bertz CT molecular complexity index is 473. The minimum absolute atomic E-state index is 0.119. The van der Waals surface area contributed by atoms with E-state index in [1.807, 2.05) is 12.1 Å². The van der Waals surface area contributed by atoms with Crippen LogP contribution in [0, 0.1) is 5.82 Å². The lowest BCUT2D eigenvalue weighted by atomic mass is 9.89. The Morgan fingerprint density at radius 1 is 1.06 bits per heavy atom. The van der Waals surface area contributed by atoms with Gasteiger partial charge < -0.3 is 5.21 Å². The van der Waals surface area contributed by atoms with Crippen molar-refractivity contribution in [2.24, 2.45) is 0 Å². The Morgan fingerprint density at radius 3 is 2.28 bits per heavy atom. The first-order valence-electron chi connectivity index (χ1n) is 5.83. The van der Waals surface area contributed by atoms with E-state index in [9.17, 15) is 4.39 Å². The molecule has 2 rings (SSSR count). The highest BCUT2D eigenvalue weighted by Gasteiger charge is 2.13. The number of rotatable bonds is 5. The van der Waals surface area contributed by atoms with Crippen LogP contribution in [0.1, 0.15) is 23.5 Å². The number of hydrogen-bond acceptors (Lipinski definition) is 3. The van der Waals surface area contributed by atoms with Gasteiger partial charge in [-0.25, -0.2) is 9.87 Å². The Labute approximate surface area is 105 Å². The van der Waals surface area contributed by atoms with E-state index in [2.05, 4.69) is 10.5 Å². The smallest absolute Gasteiger partial charge is 0.123 e. The molecule has 94 valence electrons. The second-order valence-electron chi connectivity index (χ2n) is 4.08. The number of pyridine rings is 1. The molecule has 0 saturated carbocycles. The highest BCUT2D eigenvalue weighted by atomic mass is 19.1. The van der Waals surface area contributed by atoms with Gasteiger partial charge in [0.15, 0.2) is 0 Å². The molecule has 1 aromatic carbocycles. The van der Waals surface area contributed by atoms with Gasteiger partial charge in [-0.3, -0.25) is 4.98 Å². The summed E-state index contributed by atoms with van der Waals surface area (Å²) in [6, 6.07) is 10.3. The van der Waals surface area contributed by atoms with Crippen molar-refractivity contribution in [3.05, 3.63) is 65.7 Å². The quantitative estimate of drug-likeness (QED) is 0.797. The summed E-state index contributed by atoms with van der Waals surface area (Å²) < 4.78 is 12.9. The summed E-state index contributed by atoms with van der Waals surface area (Å²) >= 11 is 0. The monoisotopic (exact) mass is 246 g/mol. The highest BCUT2D eigenvalue weighted by molar-refractivity contribution is 5.31. The maximum atomic E-state index is 12.9. The number of aromatic nitrogens is 1. The first-order chi connectivity index (χ1) is 8.81. The van der Waals surface area contributed by atoms with E-state index in [4.69, 9.17) is 5.21 Å². The predicted molar refractivity (Wildman–Crippen MR) is 66.9 cm³/mol. The van der Waals surface area contributed by atoms with Crippen LogP contribution in [0.15, 0.2) is 48.8 Å². The first-order valence-corrected chi connectivity index (χ1v) is 5.83. The third-order valence-electron chi connectivity index (χ3n) is 2.93. The van der Waals surface area contributed by atoms with Gasteiger partial charge in [0.25, 0.3) is 0 Å². The van der Waals surface area contributed by atoms with Gasteiger partial charge in [0, 0.05) is 24.9 Å². The number of nitrogens with one attached hydrogen (secondary N) is 1. The number of benzene rings is 1. The standard InChI is InChI=1S/C14H15FN2O/c15-13-3-1-11(2-4-13)14(7-10-17-18)12-5-8-16-9-6-12/h1-6,8-9,14,17-18H,7,10H2. The third-order valence-corrected chi connectivity index (χ3v) is 2.93. The molecule has 0 aliphatic heterocycles. The van der Waals surface area contributed by atoms with Crippen LogP contribution in [-0.4, -0.2) is 16.7 Å². The van der Waals surface area contributed by atoms with E-state index in [-0.39, 0.29) is 11.7 Å². The van der Waals surface area contributed by atoms with E-state index >= 15 is 0 Å². The molecule has 3 nitrogen and oxygen atoms in total. The summed E-state index contributed by atoms with van der Waals surface area (Å²) in [5, 5.41) is 8.73. The van der Waals surface area contributed by atoms with Gasteiger partial charge in [-0.2, -0.15) is 0 Å². The minimum Gasteiger partial charge on any atom is -0.317 e. The Kier molecular flexibility index (Phi) is 4.39. The van der Waals surface area contributed by atoms with Crippen LogP contribution in [-0.2, 0) is 0 Å². The molecule has 0 aliphatic rings. The van der Waals surface area contributed by atoms with Crippen molar-refractivity contribution in [3.8, 4) is 0 Å².